The molecule has 22 heavy (non-hydrogen) atoms. The van der Waals surface area contributed by atoms with Gasteiger partial charge >= 0.3 is 0 Å². The van der Waals surface area contributed by atoms with E-state index in [9.17, 15) is 12.8 Å². The number of methoxy groups -OCH3 is 1. The fraction of sp³-hybridized carbons (Fsp3) is 0.538. The minimum absolute atomic E-state index is 0. The number of rotatable bonds is 8. The van der Waals surface area contributed by atoms with Crippen molar-refractivity contribution >= 4 is 22.4 Å². The van der Waals surface area contributed by atoms with Crippen LogP contribution in [0, 0.1) is 5.82 Å². The molecule has 0 aliphatic carbocycles. The van der Waals surface area contributed by atoms with Crippen LogP contribution in [0.2, 0.25) is 0 Å². The molecule has 0 amide bonds. The normalized spacial score (nSPS) is 11.9. The number of benzene rings is 1. The Morgan fingerprint density at radius 2 is 1.95 bits per heavy atom. The van der Waals surface area contributed by atoms with E-state index < -0.39 is 21.4 Å². The molecular formula is C13H22ClFN2O4S. The van der Waals surface area contributed by atoms with E-state index in [4.69, 9.17) is 15.2 Å². The Hall–Kier alpha value is -0.930. The molecule has 0 aliphatic heterocycles. The van der Waals surface area contributed by atoms with Gasteiger partial charge in [0.2, 0.25) is 10.0 Å². The SMILES string of the molecule is COCCOc1ccc(F)cc1S(=O)(=O)NC(C)(C)CN.Cl. The summed E-state index contributed by atoms with van der Waals surface area (Å²) in [7, 11) is -2.46. The van der Waals surface area contributed by atoms with E-state index >= 15 is 0 Å². The van der Waals surface area contributed by atoms with Gasteiger partial charge in [-0.25, -0.2) is 17.5 Å². The fourth-order valence-electron chi connectivity index (χ4n) is 1.51. The molecule has 0 saturated carbocycles. The summed E-state index contributed by atoms with van der Waals surface area (Å²) >= 11 is 0. The lowest BCUT2D eigenvalue weighted by Crippen LogP contribution is -2.48. The van der Waals surface area contributed by atoms with Crippen molar-refractivity contribution in [2.45, 2.75) is 24.3 Å². The highest BCUT2D eigenvalue weighted by molar-refractivity contribution is 7.89. The lowest BCUT2D eigenvalue weighted by Gasteiger charge is -2.24. The van der Waals surface area contributed by atoms with Crippen molar-refractivity contribution in [1.29, 1.82) is 0 Å². The van der Waals surface area contributed by atoms with Crippen LogP contribution in [0.3, 0.4) is 0 Å². The molecule has 1 rings (SSSR count). The molecule has 9 heteroatoms. The summed E-state index contributed by atoms with van der Waals surface area (Å²) < 4.78 is 50.7. The molecule has 0 unspecified atom stereocenters. The van der Waals surface area contributed by atoms with E-state index in [1.807, 2.05) is 0 Å². The molecule has 1 aromatic carbocycles. The highest BCUT2D eigenvalue weighted by Crippen LogP contribution is 2.25. The molecule has 3 N–H and O–H groups in total. The number of halogens is 2. The maximum absolute atomic E-state index is 13.4. The van der Waals surface area contributed by atoms with Crippen LogP contribution in [0.15, 0.2) is 23.1 Å². The van der Waals surface area contributed by atoms with Crippen molar-refractivity contribution in [3.63, 3.8) is 0 Å². The first-order chi connectivity index (χ1) is 9.72. The molecule has 0 atom stereocenters. The smallest absolute Gasteiger partial charge is 0.244 e. The molecule has 0 heterocycles. The Morgan fingerprint density at radius 3 is 2.50 bits per heavy atom. The molecule has 0 radical (unpaired) electrons. The average molecular weight is 357 g/mol. The zero-order valence-corrected chi connectivity index (χ0v) is 14.4. The number of hydrogen-bond donors (Lipinski definition) is 2. The highest BCUT2D eigenvalue weighted by Gasteiger charge is 2.28. The lowest BCUT2D eigenvalue weighted by atomic mass is 10.1. The van der Waals surface area contributed by atoms with E-state index in [0.29, 0.717) is 6.61 Å². The van der Waals surface area contributed by atoms with Crippen molar-refractivity contribution in [1.82, 2.24) is 4.72 Å². The lowest BCUT2D eigenvalue weighted by molar-refractivity contribution is 0.144. The van der Waals surface area contributed by atoms with Crippen LogP contribution in [0.25, 0.3) is 0 Å². The van der Waals surface area contributed by atoms with Gasteiger partial charge < -0.3 is 15.2 Å². The Bertz CT molecular complexity index is 581. The zero-order chi connectivity index (χ0) is 16.1. The Balaban J connectivity index is 0.00000441. The standard InChI is InChI=1S/C13H21FN2O4S.ClH/c1-13(2,9-15)16-21(17,18)12-8-10(14)4-5-11(12)20-7-6-19-3;/h4-5,8,16H,6-7,9,15H2,1-3H3;1H. The summed E-state index contributed by atoms with van der Waals surface area (Å²) in [6.45, 7) is 3.82. The summed E-state index contributed by atoms with van der Waals surface area (Å²) in [6, 6.07) is 3.32. The second kappa shape index (κ2) is 8.64. The van der Waals surface area contributed by atoms with Crippen molar-refractivity contribution in [3.05, 3.63) is 24.0 Å². The predicted molar refractivity (Wildman–Crippen MR) is 84.5 cm³/mol. The fourth-order valence-corrected chi connectivity index (χ4v) is 3.09. The summed E-state index contributed by atoms with van der Waals surface area (Å²) in [5, 5.41) is 0. The third kappa shape index (κ3) is 6.05. The number of hydrogen-bond acceptors (Lipinski definition) is 5. The van der Waals surface area contributed by atoms with E-state index in [1.54, 1.807) is 13.8 Å². The monoisotopic (exact) mass is 356 g/mol. The minimum atomic E-state index is -3.96. The van der Waals surface area contributed by atoms with Crippen LogP contribution in [-0.4, -0.2) is 40.8 Å². The van der Waals surface area contributed by atoms with Crippen LogP contribution in [0.5, 0.6) is 5.75 Å². The van der Waals surface area contributed by atoms with Gasteiger partial charge in [0, 0.05) is 19.2 Å². The topological polar surface area (TPSA) is 90.6 Å². The van der Waals surface area contributed by atoms with E-state index in [2.05, 4.69) is 4.72 Å². The first kappa shape index (κ1) is 21.1. The summed E-state index contributed by atoms with van der Waals surface area (Å²) in [4.78, 5) is -0.264. The molecular weight excluding hydrogens is 335 g/mol. The quantitative estimate of drug-likeness (QED) is 0.685. The van der Waals surface area contributed by atoms with Crippen molar-refractivity contribution in [3.8, 4) is 5.75 Å². The van der Waals surface area contributed by atoms with Gasteiger partial charge in [0.15, 0.2) is 0 Å². The van der Waals surface area contributed by atoms with Crippen LogP contribution >= 0.6 is 12.4 Å². The van der Waals surface area contributed by atoms with Gasteiger partial charge in [0.05, 0.1) is 6.61 Å². The molecule has 1 aromatic rings. The Labute approximate surface area is 136 Å². The molecule has 0 saturated heterocycles. The van der Waals surface area contributed by atoms with E-state index in [1.165, 1.54) is 13.2 Å². The second-order valence-corrected chi connectivity index (χ2v) is 6.78. The maximum Gasteiger partial charge on any atom is 0.244 e. The molecule has 128 valence electrons. The van der Waals surface area contributed by atoms with Gasteiger partial charge in [-0.1, -0.05) is 0 Å². The van der Waals surface area contributed by atoms with Gasteiger partial charge in [0.25, 0.3) is 0 Å². The largest absolute Gasteiger partial charge is 0.490 e. The number of nitrogens with two attached hydrogens (primary N) is 1. The van der Waals surface area contributed by atoms with Crippen LogP contribution < -0.4 is 15.2 Å². The molecule has 6 nitrogen and oxygen atoms in total. The van der Waals surface area contributed by atoms with Gasteiger partial charge in [-0.15, -0.1) is 12.4 Å². The molecule has 0 spiro atoms. The van der Waals surface area contributed by atoms with Crippen molar-refractivity contribution in [2.24, 2.45) is 5.73 Å². The predicted octanol–water partition coefficient (Wildman–Crippen LogP) is 1.29. The number of nitrogens with one attached hydrogen (secondary N) is 1. The summed E-state index contributed by atoms with van der Waals surface area (Å²) in [5.74, 6) is -0.603. The van der Waals surface area contributed by atoms with Gasteiger partial charge in [-0.05, 0) is 32.0 Å². The van der Waals surface area contributed by atoms with Gasteiger partial charge in [-0.2, -0.15) is 0 Å². The molecule has 0 aromatic heterocycles. The van der Waals surface area contributed by atoms with Crippen molar-refractivity contribution in [2.75, 3.05) is 26.9 Å². The van der Waals surface area contributed by atoms with Crippen molar-refractivity contribution < 1.29 is 22.3 Å². The molecule has 0 bridgehead atoms. The maximum atomic E-state index is 13.4. The van der Waals surface area contributed by atoms with Gasteiger partial charge in [-0.3, -0.25) is 0 Å². The first-order valence-corrected chi connectivity index (χ1v) is 7.85. The third-order valence-electron chi connectivity index (χ3n) is 2.66. The summed E-state index contributed by atoms with van der Waals surface area (Å²) in [6.07, 6.45) is 0. The Morgan fingerprint density at radius 1 is 1.32 bits per heavy atom. The minimum Gasteiger partial charge on any atom is -0.490 e. The van der Waals surface area contributed by atoms with Crippen LogP contribution in [0.4, 0.5) is 4.39 Å². The van der Waals surface area contributed by atoms with Crippen LogP contribution in [0.1, 0.15) is 13.8 Å². The molecule has 0 aliphatic rings. The Kier molecular flexibility index (Phi) is 8.27. The third-order valence-corrected chi connectivity index (χ3v) is 4.38. The van der Waals surface area contributed by atoms with E-state index in [0.717, 1.165) is 12.1 Å². The molecule has 0 fully saturated rings. The number of ether oxygens (including phenoxy) is 2. The highest BCUT2D eigenvalue weighted by atomic mass is 35.5. The average Bonchev–Trinajstić information content (AvgIpc) is 2.39. The first-order valence-electron chi connectivity index (χ1n) is 6.37. The number of sulfonamides is 1. The second-order valence-electron chi connectivity index (χ2n) is 5.13. The van der Waals surface area contributed by atoms with Gasteiger partial charge in [0.1, 0.15) is 23.1 Å². The van der Waals surface area contributed by atoms with Crippen LogP contribution in [-0.2, 0) is 14.8 Å². The summed E-state index contributed by atoms with van der Waals surface area (Å²) in [5.41, 5.74) is 4.66. The van der Waals surface area contributed by atoms with E-state index in [-0.39, 0.29) is 36.2 Å². The zero-order valence-electron chi connectivity index (χ0n) is 12.8.